The van der Waals surface area contributed by atoms with Crippen LogP contribution in [0.1, 0.15) is 31.4 Å². The maximum absolute atomic E-state index is 13.6. The van der Waals surface area contributed by atoms with Crippen LogP contribution in [-0.4, -0.2) is 50.5 Å². The number of carbonyl (C=O) groups excluding carboxylic acids is 2. The van der Waals surface area contributed by atoms with E-state index in [0.717, 1.165) is 20.6 Å². The van der Waals surface area contributed by atoms with Crippen molar-refractivity contribution in [2.24, 2.45) is 0 Å². The second-order valence-corrected chi connectivity index (χ2v) is 11.4. The van der Waals surface area contributed by atoms with Crippen molar-refractivity contribution >= 4 is 66.7 Å². The highest BCUT2D eigenvalue weighted by Gasteiger charge is 2.32. The first kappa shape index (κ1) is 28.4. The van der Waals surface area contributed by atoms with E-state index in [2.05, 4.69) is 21.2 Å². The van der Waals surface area contributed by atoms with E-state index in [1.54, 1.807) is 50.2 Å². The number of sulfonamides is 1. The van der Waals surface area contributed by atoms with E-state index in [-0.39, 0.29) is 12.5 Å². The number of hydrogen-bond donors (Lipinski definition) is 1. The number of benzene rings is 2. The summed E-state index contributed by atoms with van der Waals surface area (Å²) in [5.74, 6) is -0.857. The van der Waals surface area contributed by atoms with Crippen LogP contribution in [0.3, 0.4) is 0 Å². The van der Waals surface area contributed by atoms with Crippen LogP contribution in [0.25, 0.3) is 0 Å². The Labute approximate surface area is 219 Å². The molecule has 1 N–H and O–H groups in total. The highest BCUT2D eigenvalue weighted by molar-refractivity contribution is 9.10. The second kappa shape index (κ2) is 12.2. The zero-order chi connectivity index (χ0) is 25.6. The summed E-state index contributed by atoms with van der Waals surface area (Å²) in [6.45, 7) is 5.34. The Morgan fingerprint density at radius 1 is 1.12 bits per heavy atom. The molecule has 2 aromatic rings. The van der Waals surface area contributed by atoms with E-state index in [4.69, 9.17) is 23.2 Å². The van der Waals surface area contributed by atoms with Crippen LogP contribution >= 0.6 is 39.1 Å². The van der Waals surface area contributed by atoms with Gasteiger partial charge in [-0.3, -0.25) is 13.9 Å². The first-order chi connectivity index (χ1) is 15.9. The fourth-order valence-corrected chi connectivity index (χ4v) is 5.00. The van der Waals surface area contributed by atoms with Crippen LogP contribution in [0.5, 0.6) is 0 Å². The molecule has 0 aromatic heterocycles. The summed E-state index contributed by atoms with van der Waals surface area (Å²) >= 11 is 15.7. The normalized spacial score (nSPS) is 12.2. The Kier molecular flexibility index (Phi) is 10.2. The lowest BCUT2D eigenvalue weighted by Gasteiger charge is -2.33. The van der Waals surface area contributed by atoms with Crippen molar-refractivity contribution in [1.82, 2.24) is 10.2 Å². The van der Waals surface area contributed by atoms with Crippen LogP contribution in [-0.2, 0) is 26.2 Å². The lowest BCUT2D eigenvalue weighted by atomic mass is 10.1. The van der Waals surface area contributed by atoms with E-state index >= 15 is 0 Å². The Balaban J connectivity index is 2.48. The van der Waals surface area contributed by atoms with Gasteiger partial charge in [-0.25, -0.2) is 8.42 Å². The predicted octanol–water partition coefficient (Wildman–Crippen LogP) is 4.77. The molecular formula is C23H28BrCl2N3O4S. The Morgan fingerprint density at radius 3 is 2.32 bits per heavy atom. The molecule has 2 aromatic carbocycles. The number of amides is 2. The van der Waals surface area contributed by atoms with Crippen molar-refractivity contribution in [1.29, 1.82) is 0 Å². The van der Waals surface area contributed by atoms with Crippen LogP contribution < -0.4 is 9.62 Å². The van der Waals surface area contributed by atoms with Gasteiger partial charge in [-0.1, -0.05) is 52.1 Å². The molecule has 2 amide bonds. The van der Waals surface area contributed by atoms with Crippen LogP contribution in [0, 0.1) is 6.92 Å². The molecule has 0 radical (unpaired) electrons. The van der Waals surface area contributed by atoms with Gasteiger partial charge in [0.1, 0.15) is 12.6 Å². The van der Waals surface area contributed by atoms with Gasteiger partial charge in [-0.2, -0.15) is 0 Å². The molecule has 186 valence electrons. The molecule has 34 heavy (non-hydrogen) atoms. The standard InChI is InChI=1S/C23H28BrCl2N3O4S/c1-5-21(23(31)27-6-2)28(13-16-7-8-17(25)12-20(16)26)22(30)14-29(34(4,32)33)18-9-10-19(24)15(3)11-18/h7-12,21H,5-6,13-14H2,1-4H3,(H,27,31)/t21-/m1/s1. The molecule has 0 spiro atoms. The van der Waals surface area contributed by atoms with Gasteiger partial charge >= 0.3 is 0 Å². The number of likely N-dealkylation sites (N-methyl/N-ethyl adjacent to an activating group) is 1. The van der Waals surface area contributed by atoms with Crippen LogP contribution in [0.2, 0.25) is 10.0 Å². The third kappa shape index (κ3) is 7.34. The van der Waals surface area contributed by atoms with Gasteiger partial charge in [0.05, 0.1) is 11.9 Å². The van der Waals surface area contributed by atoms with Crippen molar-refractivity contribution in [2.45, 2.75) is 39.8 Å². The molecule has 0 saturated heterocycles. The minimum Gasteiger partial charge on any atom is -0.355 e. The van der Waals surface area contributed by atoms with Crippen LogP contribution in [0.4, 0.5) is 5.69 Å². The number of hydrogen-bond acceptors (Lipinski definition) is 4. The van der Waals surface area contributed by atoms with Gasteiger partial charge in [-0.15, -0.1) is 0 Å². The van der Waals surface area contributed by atoms with Crippen molar-refractivity contribution in [3.63, 3.8) is 0 Å². The van der Waals surface area contributed by atoms with Crippen LogP contribution in [0.15, 0.2) is 40.9 Å². The Bertz CT molecular complexity index is 1160. The summed E-state index contributed by atoms with van der Waals surface area (Å²) in [6, 6.07) is 9.09. The smallest absolute Gasteiger partial charge is 0.244 e. The average molecular weight is 593 g/mol. The summed E-state index contributed by atoms with van der Waals surface area (Å²) in [4.78, 5) is 27.7. The monoisotopic (exact) mass is 591 g/mol. The highest BCUT2D eigenvalue weighted by atomic mass is 79.9. The van der Waals surface area contributed by atoms with Gasteiger partial charge in [0.15, 0.2) is 0 Å². The van der Waals surface area contributed by atoms with E-state index < -0.39 is 28.5 Å². The number of nitrogens with one attached hydrogen (secondary N) is 1. The Morgan fingerprint density at radius 2 is 1.79 bits per heavy atom. The van der Waals surface area contributed by atoms with Gasteiger partial charge in [0.25, 0.3) is 0 Å². The quantitative estimate of drug-likeness (QED) is 0.430. The number of rotatable bonds is 10. The second-order valence-electron chi connectivity index (χ2n) is 7.78. The zero-order valence-corrected chi connectivity index (χ0v) is 23.4. The van der Waals surface area contributed by atoms with Gasteiger partial charge in [0, 0.05) is 27.6 Å². The molecule has 11 heteroatoms. The van der Waals surface area contributed by atoms with Gasteiger partial charge < -0.3 is 10.2 Å². The molecule has 0 aliphatic heterocycles. The summed E-state index contributed by atoms with van der Waals surface area (Å²) in [7, 11) is -3.80. The minimum atomic E-state index is -3.80. The molecule has 0 saturated carbocycles. The van der Waals surface area contributed by atoms with E-state index in [1.165, 1.54) is 4.90 Å². The van der Waals surface area contributed by atoms with E-state index in [0.29, 0.717) is 34.3 Å². The molecule has 1 atom stereocenters. The molecule has 0 aliphatic carbocycles. The van der Waals surface area contributed by atoms with Crippen molar-refractivity contribution < 1.29 is 18.0 Å². The zero-order valence-electron chi connectivity index (χ0n) is 19.4. The Hall–Kier alpha value is -1.81. The number of aryl methyl sites for hydroxylation is 1. The third-order valence-corrected chi connectivity index (χ3v) is 7.82. The summed E-state index contributed by atoms with van der Waals surface area (Å²) in [5, 5.41) is 3.53. The molecule has 2 rings (SSSR count). The summed E-state index contributed by atoms with van der Waals surface area (Å²) in [5.41, 5.74) is 1.76. The lowest BCUT2D eigenvalue weighted by molar-refractivity contribution is -0.140. The maximum Gasteiger partial charge on any atom is 0.244 e. The van der Waals surface area contributed by atoms with E-state index in [1.807, 2.05) is 6.92 Å². The predicted molar refractivity (Wildman–Crippen MR) is 141 cm³/mol. The van der Waals surface area contributed by atoms with Gasteiger partial charge in [0.2, 0.25) is 21.8 Å². The average Bonchev–Trinajstić information content (AvgIpc) is 2.74. The molecule has 0 unspecified atom stereocenters. The summed E-state index contributed by atoms with van der Waals surface area (Å²) < 4.78 is 27.1. The minimum absolute atomic E-state index is 0.0153. The fourth-order valence-electron chi connectivity index (χ4n) is 3.44. The molecule has 0 heterocycles. The highest BCUT2D eigenvalue weighted by Crippen LogP contribution is 2.27. The maximum atomic E-state index is 13.6. The summed E-state index contributed by atoms with van der Waals surface area (Å²) in [6.07, 6.45) is 1.37. The lowest BCUT2D eigenvalue weighted by Crippen LogP contribution is -2.52. The molecule has 0 aliphatic rings. The van der Waals surface area contributed by atoms with Crippen molar-refractivity contribution in [3.8, 4) is 0 Å². The molecule has 0 bridgehead atoms. The first-order valence-electron chi connectivity index (χ1n) is 10.6. The number of carbonyl (C=O) groups is 2. The fraction of sp³-hybridized carbons (Fsp3) is 0.391. The number of anilines is 1. The number of halogens is 3. The van der Waals surface area contributed by atoms with E-state index in [9.17, 15) is 18.0 Å². The third-order valence-electron chi connectivity index (χ3n) is 5.20. The molecular weight excluding hydrogens is 565 g/mol. The largest absolute Gasteiger partial charge is 0.355 e. The van der Waals surface area contributed by atoms with Crippen molar-refractivity contribution in [2.75, 3.05) is 23.7 Å². The molecule has 0 fully saturated rings. The topological polar surface area (TPSA) is 86.8 Å². The van der Waals surface area contributed by atoms with Crippen molar-refractivity contribution in [3.05, 3.63) is 62.0 Å². The number of nitrogens with zero attached hydrogens (tertiary/aromatic N) is 2. The SMILES string of the molecule is CCNC(=O)[C@@H](CC)N(Cc1ccc(Cl)cc1Cl)C(=O)CN(c1ccc(Br)c(C)c1)S(C)(=O)=O. The molecule has 7 nitrogen and oxygen atoms in total. The first-order valence-corrected chi connectivity index (χ1v) is 14.0. The van der Waals surface area contributed by atoms with Gasteiger partial charge in [-0.05, 0) is 61.7 Å².